The van der Waals surface area contributed by atoms with Crippen molar-refractivity contribution in [2.75, 3.05) is 29.9 Å². The first-order valence-corrected chi connectivity index (χ1v) is 7.07. The number of anilines is 2. The second-order valence-corrected chi connectivity index (χ2v) is 6.02. The molecule has 0 aromatic carbocycles. The van der Waals surface area contributed by atoms with Crippen molar-refractivity contribution in [3.05, 3.63) is 22.2 Å². The lowest BCUT2D eigenvalue weighted by Crippen LogP contribution is -2.40. The Balaban J connectivity index is 2.36. The summed E-state index contributed by atoms with van der Waals surface area (Å²) in [6.07, 6.45) is 2.18. The summed E-state index contributed by atoms with van der Waals surface area (Å²) < 4.78 is 0. The van der Waals surface area contributed by atoms with Crippen molar-refractivity contribution in [1.82, 2.24) is 4.98 Å². The van der Waals surface area contributed by atoms with Crippen LogP contribution in [-0.2, 0) is 0 Å². The van der Waals surface area contributed by atoms with E-state index in [-0.39, 0.29) is 16.0 Å². The molecule has 1 aromatic heterocycles. The third-order valence-corrected chi connectivity index (χ3v) is 3.61. The molecular formula is C14H22N4O2. The molecule has 1 N–H and O–H groups in total. The SMILES string of the molecule is CCNc1ccc([N+](=O)[O-])c(N2CCCC(C)(C)C2)n1. The predicted molar refractivity (Wildman–Crippen MR) is 80.3 cm³/mol. The van der Waals surface area contributed by atoms with Gasteiger partial charge in [0, 0.05) is 25.7 Å². The van der Waals surface area contributed by atoms with Crippen molar-refractivity contribution in [3.63, 3.8) is 0 Å². The number of nitro groups is 1. The van der Waals surface area contributed by atoms with Crippen LogP contribution in [0.1, 0.15) is 33.6 Å². The number of hydrogen-bond acceptors (Lipinski definition) is 5. The molecule has 0 bridgehead atoms. The van der Waals surface area contributed by atoms with E-state index in [1.807, 2.05) is 11.8 Å². The van der Waals surface area contributed by atoms with Gasteiger partial charge >= 0.3 is 5.69 Å². The molecule has 2 rings (SSSR count). The highest BCUT2D eigenvalue weighted by molar-refractivity contribution is 5.62. The molecule has 6 nitrogen and oxygen atoms in total. The van der Waals surface area contributed by atoms with Gasteiger partial charge in [0.05, 0.1) is 4.92 Å². The molecule has 0 radical (unpaired) electrons. The Morgan fingerprint density at radius 3 is 2.85 bits per heavy atom. The van der Waals surface area contributed by atoms with Gasteiger partial charge in [0.25, 0.3) is 0 Å². The Labute approximate surface area is 119 Å². The number of nitrogens with zero attached hydrogens (tertiary/aromatic N) is 3. The lowest BCUT2D eigenvalue weighted by molar-refractivity contribution is -0.384. The summed E-state index contributed by atoms with van der Waals surface area (Å²) in [7, 11) is 0. The lowest BCUT2D eigenvalue weighted by atomic mass is 9.84. The second-order valence-electron chi connectivity index (χ2n) is 6.02. The molecule has 1 aromatic rings. The number of rotatable bonds is 4. The Morgan fingerprint density at radius 1 is 1.50 bits per heavy atom. The quantitative estimate of drug-likeness (QED) is 0.677. The minimum absolute atomic E-state index is 0.0874. The number of aromatic nitrogens is 1. The van der Waals surface area contributed by atoms with Gasteiger partial charge in [-0.15, -0.1) is 0 Å². The maximum absolute atomic E-state index is 11.2. The fourth-order valence-corrected chi connectivity index (χ4v) is 2.70. The van der Waals surface area contributed by atoms with E-state index in [0.717, 1.165) is 32.5 Å². The van der Waals surface area contributed by atoms with Gasteiger partial charge in [-0.2, -0.15) is 0 Å². The van der Waals surface area contributed by atoms with Crippen molar-refractivity contribution < 1.29 is 4.92 Å². The Bertz CT molecular complexity index is 502. The Morgan fingerprint density at radius 2 is 2.25 bits per heavy atom. The maximum atomic E-state index is 11.2. The highest BCUT2D eigenvalue weighted by Crippen LogP contribution is 2.35. The largest absolute Gasteiger partial charge is 0.370 e. The molecule has 1 aliphatic heterocycles. The topological polar surface area (TPSA) is 71.3 Å². The summed E-state index contributed by atoms with van der Waals surface area (Å²) >= 11 is 0. The zero-order valence-corrected chi connectivity index (χ0v) is 12.3. The van der Waals surface area contributed by atoms with Gasteiger partial charge in [0.1, 0.15) is 5.82 Å². The maximum Gasteiger partial charge on any atom is 0.311 e. The third-order valence-electron chi connectivity index (χ3n) is 3.61. The van der Waals surface area contributed by atoms with Crippen LogP contribution in [-0.4, -0.2) is 29.5 Å². The molecule has 110 valence electrons. The number of hydrogen-bond donors (Lipinski definition) is 1. The van der Waals surface area contributed by atoms with Gasteiger partial charge in [-0.1, -0.05) is 13.8 Å². The van der Waals surface area contributed by atoms with Crippen molar-refractivity contribution in [2.24, 2.45) is 5.41 Å². The fourth-order valence-electron chi connectivity index (χ4n) is 2.70. The molecule has 0 aliphatic carbocycles. The average Bonchev–Trinajstić information content (AvgIpc) is 2.37. The van der Waals surface area contributed by atoms with Crippen molar-refractivity contribution in [3.8, 4) is 0 Å². The molecule has 20 heavy (non-hydrogen) atoms. The smallest absolute Gasteiger partial charge is 0.311 e. The molecule has 0 amide bonds. The first-order chi connectivity index (χ1) is 9.43. The summed E-state index contributed by atoms with van der Waals surface area (Å²) in [6, 6.07) is 3.21. The third kappa shape index (κ3) is 3.18. The second kappa shape index (κ2) is 5.64. The molecule has 1 fully saturated rings. The van der Waals surface area contributed by atoms with Crippen LogP contribution < -0.4 is 10.2 Å². The molecule has 2 heterocycles. The van der Waals surface area contributed by atoms with Crippen LogP contribution in [0.5, 0.6) is 0 Å². The molecule has 1 saturated heterocycles. The van der Waals surface area contributed by atoms with Crippen LogP contribution in [0.15, 0.2) is 12.1 Å². The van der Waals surface area contributed by atoms with Crippen LogP contribution in [0.3, 0.4) is 0 Å². The normalized spacial score (nSPS) is 17.9. The predicted octanol–water partition coefficient (Wildman–Crippen LogP) is 3.05. The number of piperidine rings is 1. The van der Waals surface area contributed by atoms with Gasteiger partial charge in [-0.25, -0.2) is 4.98 Å². The van der Waals surface area contributed by atoms with Crippen LogP contribution >= 0.6 is 0 Å². The highest BCUT2D eigenvalue weighted by atomic mass is 16.6. The van der Waals surface area contributed by atoms with Crippen LogP contribution in [0.25, 0.3) is 0 Å². The van der Waals surface area contributed by atoms with Crippen molar-refractivity contribution in [1.29, 1.82) is 0 Å². The highest BCUT2D eigenvalue weighted by Gasteiger charge is 2.31. The van der Waals surface area contributed by atoms with E-state index < -0.39 is 0 Å². The minimum Gasteiger partial charge on any atom is -0.370 e. The summed E-state index contributed by atoms with van der Waals surface area (Å²) in [5, 5.41) is 14.3. The molecule has 0 saturated carbocycles. The molecule has 0 atom stereocenters. The minimum atomic E-state index is -0.348. The van der Waals surface area contributed by atoms with Gasteiger partial charge in [0.2, 0.25) is 5.82 Å². The molecule has 0 spiro atoms. The van der Waals surface area contributed by atoms with E-state index in [0.29, 0.717) is 11.6 Å². The average molecular weight is 278 g/mol. The van der Waals surface area contributed by atoms with E-state index in [1.165, 1.54) is 0 Å². The molecule has 1 aliphatic rings. The number of pyridine rings is 1. The van der Waals surface area contributed by atoms with E-state index in [9.17, 15) is 10.1 Å². The lowest BCUT2D eigenvalue weighted by Gasteiger charge is -2.38. The fraction of sp³-hybridized carbons (Fsp3) is 0.643. The van der Waals surface area contributed by atoms with Crippen LogP contribution in [0.4, 0.5) is 17.3 Å². The van der Waals surface area contributed by atoms with Crippen LogP contribution in [0, 0.1) is 15.5 Å². The summed E-state index contributed by atoms with van der Waals surface area (Å²) in [4.78, 5) is 17.4. The Kier molecular flexibility index (Phi) is 4.11. The van der Waals surface area contributed by atoms with Crippen LogP contribution in [0.2, 0.25) is 0 Å². The van der Waals surface area contributed by atoms with Gasteiger partial charge in [-0.3, -0.25) is 10.1 Å². The zero-order chi connectivity index (χ0) is 14.8. The summed E-state index contributed by atoms with van der Waals surface area (Å²) in [6.45, 7) is 8.74. The van der Waals surface area contributed by atoms with Gasteiger partial charge < -0.3 is 10.2 Å². The summed E-state index contributed by atoms with van der Waals surface area (Å²) in [5.74, 6) is 1.18. The standard InChI is InChI=1S/C14H22N4O2/c1-4-15-12-7-6-11(18(19)20)13(16-12)17-9-5-8-14(2,3)10-17/h6-7H,4-5,8-10H2,1-3H3,(H,15,16). The van der Waals surface area contributed by atoms with Crippen molar-refractivity contribution >= 4 is 17.3 Å². The zero-order valence-electron chi connectivity index (χ0n) is 12.3. The molecular weight excluding hydrogens is 256 g/mol. The van der Waals surface area contributed by atoms with E-state index in [2.05, 4.69) is 24.1 Å². The number of nitrogens with one attached hydrogen (secondary N) is 1. The van der Waals surface area contributed by atoms with E-state index in [1.54, 1.807) is 12.1 Å². The van der Waals surface area contributed by atoms with E-state index >= 15 is 0 Å². The van der Waals surface area contributed by atoms with E-state index in [4.69, 9.17) is 0 Å². The molecule has 6 heteroatoms. The monoisotopic (exact) mass is 278 g/mol. The van der Waals surface area contributed by atoms with Crippen molar-refractivity contribution in [2.45, 2.75) is 33.6 Å². The first kappa shape index (κ1) is 14.6. The molecule has 0 unspecified atom stereocenters. The summed E-state index contributed by atoms with van der Waals surface area (Å²) in [5.41, 5.74) is 0.256. The first-order valence-electron chi connectivity index (χ1n) is 7.07. The Hall–Kier alpha value is -1.85. The van der Waals surface area contributed by atoms with Gasteiger partial charge in [0.15, 0.2) is 0 Å². The van der Waals surface area contributed by atoms with Gasteiger partial charge in [-0.05, 0) is 31.2 Å².